The molecule has 1 aliphatic rings. The molecule has 1 aromatic carbocycles. The van der Waals surface area contributed by atoms with E-state index in [-0.39, 0.29) is 17.8 Å². The van der Waals surface area contributed by atoms with Crippen molar-refractivity contribution in [2.75, 3.05) is 5.73 Å². The van der Waals surface area contributed by atoms with Gasteiger partial charge in [-0.15, -0.1) is 5.10 Å². The fourth-order valence-corrected chi connectivity index (χ4v) is 2.57. The van der Waals surface area contributed by atoms with Crippen molar-refractivity contribution >= 4 is 28.4 Å². The first-order valence-electron chi connectivity index (χ1n) is 6.57. The highest BCUT2D eigenvalue weighted by atomic mass is 16.2. The number of nitrogen functional groups attached to an aromatic ring is 1. The van der Waals surface area contributed by atoms with Crippen LogP contribution >= 0.6 is 0 Å². The third kappa shape index (κ3) is 1.67. The predicted molar refractivity (Wildman–Crippen MR) is 77.2 cm³/mol. The Morgan fingerprint density at radius 2 is 2.05 bits per heavy atom. The summed E-state index contributed by atoms with van der Waals surface area (Å²) in [6, 6.07) is 7.51. The van der Waals surface area contributed by atoms with Crippen molar-refractivity contribution < 1.29 is 9.59 Å². The molecule has 3 N–H and O–H groups in total. The highest BCUT2D eigenvalue weighted by Gasteiger charge is 2.30. The minimum atomic E-state index is -0.539. The smallest absolute Gasteiger partial charge is 0.263 e. The summed E-state index contributed by atoms with van der Waals surface area (Å²) in [7, 11) is 0. The number of nitrogens with one attached hydrogen (secondary N) is 1. The van der Waals surface area contributed by atoms with Crippen molar-refractivity contribution in [3.63, 3.8) is 0 Å². The van der Waals surface area contributed by atoms with Gasteiger partial charge in [-0.1, -0.05) is 24.3 Å². The monoisotopic (exact) mass is 294 g/mol. The summed E-state index contributed by atoms with van der Waals surface area (Å²) < 4.78 is 1.36. The number of fused-ring (bicyclic) bond motifs is 2. The van der Waals surface area contributed by atoms with Crippen molar-refractivity contribution in [2.24, 2.45) is 0 Å². The lowest BCUT2D eigenvalue weighted by Gasteiger charge is -2.09. The summed E-state index contributed by atoms with van der Waals surface area (Å²) in [6.07, 6.45) is 1.64. The van der Waals surface area contributed by atoms with Gasteiger partial charge in [0.2, 0.25) is 5.91 Å². The van der Waals surface area contributed by atoms with E-state index in [1.807, 2.05) is 24.3 Å². The first kappa shape index (κ1) is 12.5. The first-order chi connectivity index (χ1) is 10.6. The lowest BCUT2D eigenvalue weighted by molar-refractivity contribution is -0.119. The number of anilines is 1. The van der Waals surface area contributed by atoms with E-state index in [0.29, 0.717) is 11.5 Å². The number of hydrogen-bond donors (Lipinski definition) is 2. The molecule has 0 unspecified atom stereocenters. The molecule has 0 fully saturated rings. The van der Waals surface area contributed by atoms with Crippen LogP contribution in [0.5, 0.6) is 0 Å². The molecule has 1 aliphatic heterocycles. The van der Waals surface area contributed by atoms with E-state index < -0.39 is 11.8 Å². The lowest BCUT2D eigenvalue weighted by atomic mass is 10.1. The molecule has 0 saturated carbocycles. The Hall–Kier alpha value is -3.29. The Bertz CT molecular complexity index is 940. The Balaban J connectivity index is 1.99. The van der Waals surface area contributed by atoms with Crippen molar-refractivity contribution in [3.05, 3.63) is 41.7 Å². The molecule has 0 atom stereocenters. The van der Waals surface area contributed by atoms with Crippen LogP contribution in [0.1, 0.15) is 16.1 Å². The van der Waals surface area contributed by atoms with Crippen LogP contribution in [0, 0.1) is 0 Å². The standard InChI is InChI=1S/C14H10N6O2/c15-12-11-9(5-10(21)17-14(11)22)19-20(12)13-8-4-2-1-3-7(8)6-16-18-13/h1-4,6H,5,15H2,(H,17,21,22). The molecule has 3 aromatic rings. The molecule has 2 aromatic heterocycles. The van der Waals surface area contributed by atoms with Crippen LogP contribution in [-0.2, 0) is 11.2 Å². The summed E-state index contributed by atoms with van der Waals surface area (Å²) >= 11 is 0. The number of carbonyl (C=O) groups is 2. The van der Waals surface area contributed by atoms with Gasteiger partial charge in [-0.05, 0) is 0 Å². The number of amides is 2. The van der Waals surface area contributed by atoms with E-state index in [4.69, 9.17) is 5.73 Å². The maximum atomic E-state index is 11.9. The quantitative estimate of drug-likeness (QED) is 0.620. The molecule has 108 valence electrons. The number of carbonyl (C=O) groups excluding carboxylic acids is 2. The van der Waals surface area contributed by atoms with Crippen molar-refractivity contribution in [1.82, 2.24) is 25.3 Å². The van der Waals surface area contributed by atoms with Crippen LogP contribution in [0.25, 0.3) is 16.6 Å². The Kier molecular flexibility index (Phi) is 2.46. The molecule has 8 nitrogen and oxygen atoms in total. The molecular weight excluding hydrogens is 284 g/mol. The van der Waals surface area contributed by atoms with Crippen LogP contribution < -0.4 is 11.1 Å². The minimum absolute atomic E-state index is 0.0104. The Labute approximate surface area is 123 Å². The molecule has 22 heavy (non-hydrogen) atoms. The third-order valence-corrected chi connectivity index (χ3v) is 3.55. The zero-order valence-corrected chi connectivity index (χ0v) is 11.3. The maximum absolute atomic E-state index is 11.9. The molecule has 8 heteroatoms. The van der Waals surface area contributed by atoms with E-state index in [2.05, 4.69) is 20.6 Å². The second kappa shape index (κ2) is 4.35. The minimum Gasteiger partial charge on any atom is -0.383 e. The lowest BCUT2D eigenvalue weighted by Crippen LogP contribution is -2.37. The molecule has 0 radical (unpaired) electrons. The number of imide groups is 1. The van der Waals surface area contributed by atoms with Crippen molar-refractivity contribution in [3.8, 4) is 5.82 Å². The number of benzene rings is 1. The normalized spacial score (nSPS) is 14.0. The molecular formula is C14H10N6O2. The Morgan fingerprint density at radius 1 is 1.23 bits per heavy atom. The molecule has 3 heterocycles. The van der Waals surface area contributed by atoms with E-state index >= 15 is 0 Å². The van der Waals surface area contributed by atoms with Gasteiger partial charge in [0.25, 0.3) is 5.91 Å². The summed E-state index contributed by atoms with van der Waals surface area (Å²) in [5.41, 5.74) is 6.61. The van der Waals surface area contributed by atoms with E-state index in [9.17, 15) is 9.59 Å². The molecule has 0 spiro atoms. The molecule has 0 bridgehead atoms. The SMILES string of the molecule is Nc1c2c(nn1-c1nncc3ccccc13)CC(=O)NC2=O. The number of rotatable bonds is 1. The van der Waals surface area contributed by atoms with Gasteiger partial charge in [0.05, 0.1) is 18.3 Å². The van der Waals surface area contributed by atoms with E-state index in [0.717, 1.165) is 10.8 Å². The van der Waals surface area contributed by atoms with Crippen LogP contribution in [0.4, 0.5) is 5.82 Å². The average molecular weight is 294 g/mol. The predicted octanol–water partition coefficient (Wildman–Crippen LogP) is 0.210. The molecule has 0 aliphatic carbocycles. The molecule has 2 amide bonds. The van der Waals surface area contributed by atoms with Gasteiger partial charge in [0.15, 0.2) is 5.82 Å². The molecule has 0 saturated heterocycles. The summed E-state index contributed by atoms with van der Waals surface area (Å²) in [4.78, 5) is 23.4. The topological polar surface area (TPSA) is 116 Å². The Morgan fingerprint density at radius 3 is 2.91 bits per heavy atom. The fourth-order valence-electron chi connectivity index (χ4n) is 2.57. The third-order valence-electron chi connectivity index (χ3n) is 3.55. The van der Waals surface area contributed by atoms with Gasteiger partial charge in [-0.3, -0.25) is 14.9 Å². The number of nitrogens with two attached hydrogens (primary N) is 1. The zero-order valence-electron chi connectivity index (χ0n) is 11.3. The highest BCUT2D eigenvalue weighted by Crippen LogP contribution is 2.26. The number of nitrogens with zero attached hydrogens (tertiary/aromatic N) is 4. The van der Waals surface area contributed by atoms with Crippen molar-refractivity contribution in [2.45, 2.75) is 6.42 Å². The zero-order chi connectivity index (χ0) is 15.3. The van der Waals surface area contributed by atoms with Crippen LogP contribution in [0.2, 0.25) is 0 Å². The van der Waals surface area contributed by atoms with E-state index in [1.165, 1.54) is 4.68 Å². The largest absolute Gasteiger partial charge is 0.383 e. The first-order valence-corrected chi connectivity index (χ1v) is 6.57. The van der Waals surface area contributed by atoms with Gasteiger partial charge in [0, 0.05) is 10.8 Å². The van der Waals surface area contributed by atoms with Crippen LogP contribution in [0.3, 0.4) is 0 Å². The van der Waals surface area contributed by atoms with E-state index in [1.54, 1.807) is 6.20 Å². The van der Waals surface area contributed by atoms with Gasteiger partial charge < -0.3 is 5.73 Å². The van der Waals surface area contributed by atoms with Gasteiger partial charge >= 0.3 is 0 Å². The maximum Gasteiger partial charge on any atom is 0.263 e. The summed E-state index contributed by atoms with van der Waals surface area (Å²) in [6.45, 7) is 0. The average Bonchev–Trinajstić information content (AvgIpc) is 2.83. The number of aromatic nitrogens is 4. The van der Waals surface area contributed by atoms with Crippen molar-refractivity contribution in [1.29, 1.82) is 0 Å². The van der Waals surface area contributed by atoms with Gasteiger partial charge in [0.1, 0.15) is 11.4 Å². The van der Waals surface area contributed by atoms with Gasteiger partial charge in [-0.25, -0.2) is 0 Å². The summed E-state index contributed by atoms with van der Waals surface area (Å²) in [5.74, 6) is -0.370. The fraction of sp³-hybridized carbons (Fsp3) is 0.0714. The number of hydrogen-bond acceptors (Lipinski definition) is 6. The summed E-state index contributed by atoms with van der Waals surface area (Å²) in [5, 5.41) is 16.2. The van der Waals surface area contributed by atoms with Crippen LogP contribution in [-0.4, -0.2) is 31.8 Å². The highest BCUT2D eigenvalue weighted by molar-refractivity contribution is 6.12. The van der Waals surface area contributed by atoms with Crippen LogP contribution in [0.15, 0.2) is 30.5 Å². The second-order valence-electron chi connectivity index (χ2n) is 4.93. The van der Waals surface area contributed by atoms with Gasteiger partial charge in [-0.2, -0.15) is 14.9 Å². The molecule has 4 rings (SSSR count). The second-order valence-corrected chi connectivity index (χ2v) is 4.93.